The molecule has 1 aromatic carbocycles. The minimum atomic E-state index is -0.401. The van der Waals surface area contributed by atoms with Crippen LogP contribution in [0.3, 0.4) is 0 Å². The average Bonchev–Trinajstić information content (AvgIpc) is 3.40. The van der Waals surface area contributed by atoms with Gasteiger partial charge in [-0.25, -0.2) is 4.98 Å². The van der Waals surface area contributed by atoms with Crippen molar-refractivity contribution in [2.24, 2.45) is 0 Å². The molecular formula is C20H21N3O2S2. The average molecular weight is 400 g/mol. The van der Waals surface area contributed by atoms with Crippen molar-refractivity contribution in [2.75, 3.05) is 11.1 Å². The van der Waals surface area contributed by atoms with E-state index in [0.717, 1.165) is 24.1 Å². The fourth-order valence-corrected chi connectivity index (χ4v) is 6.55. The number of nitrogens with one attached hydrogen (secondary N) is 1. The molecule has 2 atom stereocenters. The van der Waals surface area contributed by atoms with Gasteiger partial charge >= 0.3 is 0 Å². The molecule has 0 radical (unpaired) electrons. The number of aromatic nitrogens is 1. The van der Waals surface area contributed by atoms with Gasteiger partial charge in [-0.2, -0.15) is 0 Å². The van der Waals surface area contributed by atoms with Gasteiger partial charge in [0.15, 0.2) is 5.13 Å². The molecule has 2 fully saturated rings. The van der Waals surface area contributed by atoms with E-state index in [1.807, 2.05) is 5.38 Å². The molecule has 2 aliphatic heterocycles. The van der Waals surface area contributed by atoms with E-state index in [9.17, 15) is 9.59 Å². The highest BCUT2D eigenvalue weighted by Crippen LogP contribution is 2.47. The Morgan fingerprint density at radius 3 is 3.04 bits per heavy atom. The third-order valence-electron chi connectivity index (χ3n) is 5.88. The van der Waals surface area contributed by atoms with Crippen molar-refractivity contribution in [1.29, 1.82) is 0 Å². The molecule has 2 amide bonds. The first-order valence-corrected chi connectivity index (χ1v) is 11.2. The van der Waals surface area contributed by atoms with Crippen LogP contribution >= 0.6 is 23.1 Å². The van der Waals surface area contributed by atoms with Crippen molar-refractivity contribution in [2.45, 2.75) is 49.9 Å². The van der Waals surface area contributed by atoms with Crippen molar-refractivity contribution in [3.05, 3.63) is 34.7 Å². The van der Waals surface area contributed by atoms with Crippen molar-refractivity contribution >= 4 is 40.0 Å². The smallest absolute Gasteiger partial charge is 0.249 e. The van der Waals surface area contributed by atoms with Gasteiger partial charge in [-0.15, -0.1) is 23.1 Å². The van der Waals surface area contributed by atoms with E-state index in [1.165, 1.54) is 35.3 Å². The van der Waals surface area contributed by atoms with Crippen LogP contribution in [0.2, 0.25) is 0 Å². The Labute approximate surface area is 166 Å². The number of thiazole rings is 1. The molecule has 3 aliphatic rings. The number of thioether (sulfide) groups is 1. The summed E-state index contributed by atoms with van der Waals surface area (Å²) in [4.78, 5) is 31.2. The third kappa shape index (κ3) is 2.88. The van der Waals surface area contributed by atoms with Crippen LogP contribution in [0.1, 0.15) is 37.3 Å². The molecule has 2 unspecified atom stereocenters. The number of aryl methyl sites for hydroxylation is 2. The van der Waals surface area contributed by atoms with E-state index in [-0.39, 0.29) is 16.7 Å². The summed E-state index contributed by atoms with van der Waals surface area (Å²) in [6.07, 6.45) is 4.89. The normalized spacial score (nSPS) is 26.3. The van der Waals surface area contributed by atoms with Gasteiger partial charge in [-0.1, -0.05) is 12.1 Å². The molecule has 0 spiro atoms. The van der Waals surface area contributed by atoms with Crippen LogP contribution in [0, 0.1) is 0 Å². The van der Waals surface area contributed by atoms with E-state index in [4.69, 9.17) is 0 Å². The van der Waals surface area contributed by atoms with Crippen LogP contribution in [0.5, 0.6) is 0 Å². The maximum atomic E-state index is 12.8. The van der Waals surface area contributed by atoms with Crippen LogP contribution < -0.4 is 5.32 Å². The van der Waals surface area contributed by atoms with E-state index in [1.54, 1.807) is 16.7 Å². The summed E-state index contributed by atoms with van der Waals surface area (Å²) in [6.45, 7) is 2.06. The number of amides is 2. The lowest BCUT2D eigenvalue weighted by molar-refractivity contribution is -0.135. The Balaban J connectivity index is 1.32. The number of rotatable bonds is 3. The summed E-state index contributed by atoms with van der Waals surface area (Å²) >= 11 is 3.14. The third-order valence-corrected chi connectivity index (χ3v) is 8.14. The number of anilines is 1. The first-order valence-electron chi connectivity index (χ1n) is 9.38. The molecule has 2 aromatic rings. The fraction of sp³-hybridized carbons (Fsp3) is 0.450. The zero-order valence-electron chi connectivity index (χ0n) is 15.2. The topological polar surface area (TPSA) is 62.3 Å². The maximum absolute atomic E-state index is 12.8. The number of benzene rings is 1. The standard InChI is InChI=1S/C20H21N3O2S2/c1-20-8-7-17(24)23(20)16(11-27-20)18(25)22-19-21-15(10-26-19)14-6-5-12-3-2-4-13(12)9-14/h5-6,9-10,16H,2-4,7-8,11H2,1H3,(H,21,22,25). The van der Waals surface area contributed by atoms with Gasteiger partial charge in [0, 0.05) is 23.1 Å². The molecule has 1 aromatic heterocycles. The minimum Gasteiger partial charge on any atom is -0.315 e. The Hall–Kier alpha value is -1.86. The lowest BCUT2D eigenvalue weighted by Gasteiger charge is -2.29. The van der Waals surface area contributed by atoms with Crippen LogP contribution in [-0.4, -0.2) is 38.4 Å². The molecule has 3 heterocycles. The molecule has 2 saturated heterocycles. The maximum Gasteiger partial charge on any atom is 0.249 e. The number of carbonyl (C=O) groups excluding carboxylic acids is 2. The van der Waals surface area contributed by atoms with Crippen molar-refractivity contribution in [3.8, 4) is 11.3 Å². The van der Waals surface area contributed by atoms with Crippen LogP contribution in [0.25, 0.3) is 11.3 Å². The predicted molar refractivity (Wildman–Crippen MR) is 109 cm³/mol. The quantitative estimate of drug-likeness (QED) is 0.855. The van der Waals surface area contributed by atoms with Crippen LogP contribution in [-0.2, 0) is 22.4 Å². The van der Waals surface area contributed by atoms with Gasteiger partial charge in [0.2, 0.25) is 11.8 Å². The number of fused-ring (bicyclic) bond motifs is 2. The highest BCUT2D eigenvalue weighted by atomic mass is 32.2. The minimum absolute atomic E-state index is 0.0839. The van der Waals surface area contributed by atoms with Gasteiger partial charge in [-0.05, 0) is 49.8 Å². The summed E-state index contributed by atoms with van der Waals surface area (Å²) in [5.74, 6) is 0.605. The second kappa shape index (κ2) is 6.34. The van der Waals surface area contributed by atoms with E-state index >= 15 is 0 Å². The number of carbonyl (C=O) groups is 2. The number of hydrogen-bond donors (Lipinski definition) is 1. The van der Waals surface area contributed by atoms with Gasteiger partial charge in [0.05, 0.1) is 10.6 Å². The largest absolute Gasteiger partial charge is 0.315 e. The first kappa shape index (κ1) is 17.3. The molecule has 0 saturated carbocycles. The molecule has 0 bridgehead atoms. The molecular weight excluding hydrogens is 378 g/mol. The lowest BCUT2D eigenvalue weighted by atomic mass is 10.1. The Kier molecular flexibility index (Phi) is 4.05. The van der Waals surface area contributed by atoms with Crippen LogP contribution in [0.15, 0.2) is 23.6 Å². The fourth-order valence-electron chi connectivity index (χ4n) is 4.40. The summed E-state index contributed by atoms with van der Waals surface area (Å²) in [5.41, 5.74) is 4.86. The second-order valence-corrected chi connectivity index (χ2v) is 9.99. The lowest BCUT2D eigenvalue weighted by Crippen LogP contribution is -2.48. The molecule has 5 nitrogen and oxygen atoms in total. The Bertz CT molecular complexity index is 941. The van der Waals surface area contributed by atoms with E-state index < -0.39 is 6.04 Å². The van der Waals surface area contributed by atoms with Gasteiger partial charge in [-0.3, -0.25) is 9.59 Å². The highest BCUT2D eigenvalue weighted by Gasteiger charge is 2.52. The molecule has 1 N–H and O–H groups in total. The summed E-state index contributed by atoms with van der Waals surface area (Å²) in [6, 6.07) is 6.14. The Morgan fingerprint density at radius 2 is 2.15 bits per heavy atom. The van der Waals surface area contributed by atoms with Crippen LogP contribution in [0.4, 0.5) is 5.13 Å². The number of nitrogens with zero attached hydrogens (tertiary/aromatic N) is 2. The predicted octanol–water partition coefficient (Wildman–Crippen LogP) is 3.69. The molecule has 7 heteroatoms. The number of hydrogen-bond acceptors (Lipinski definition) is 5. The summed E-state index contributed by atoms with van der Waals surface area (Å²) in [7, 11) is 0. The Morgan fingerprint density at radius 1 is 1.30 bits per heavy atom. The van der Waals surface area contributed by atoms with Gasteiger partial charge < -0.3 is 10.2 Å². The van der Waals surface area contributed by atoms with Gasteiger partial charge in [0.1, 0.15) is 6.04 Å². The van der Waals surface area contributed by atoms with E-state index in [2.05, 4.69) is 35.4 Å². The zero-order chi connectivity index (χ0) is 18.6. The highest BCUT2D eigenvalue weighted by molar-refractivity contribution is 8.01. The molecule has 27 heavy (non-hydrogen) atoms. The zero-order valence-corrected chi connectivity index (χ0v) is 16.8. The summed E-state index contributed by atoms with van der Waals surface area (Å²) < 4.78 is 0. The van der Waals surface area contributed by atoms with Crippen molar-refractivity contribution < 1.29 is 9.59 Å². The van der Waals surface area contributed by atoms with Gasteiger partial charge in [0.25, 0.3) is 0 Å². The SMILES string of the molecule is CC12CCC(=O)N1C(C(=O)Nc1nc(-c3ccc4c(c3)CCC4)cs1)CS2. The first-order chi connectivity index (χ1) is 13.0. The molecule has 5 rings (SSSR count). The molecule has 1 aliphatic carbocycles. The summed E-state index contributed by atoms with van der Waals surface area (Å²) in [5, 5.41) is 5.52. The second-order valence-electron chi connectivity index (χ2n) is 7.63. The van der Waals surface area contributed by atoms with Crippen molar-refractivity contribution in [1.82, 2.24) is 9.88 Å². The van der Waals surface area contributed by atoms with E-state index in [0.29, 0.717) is 17.3 Å². The monoisotopic (exact) mass is 399 g/mol. The molecule has 140 valence electrons. The van der Waals surface area contributed by atoms with Crippen molar-refractivity contribution in [3.63, 3.8) is 0 Å².